The number of rotatable bonds is 8. The first kappa shape index (κ1) is 25.2. The molecule has 34 heavy (non-hydrogen) atoms. The molecule has 0 spiro atoms. The number of hydrogen-bond acceptors (Lipinski definition) is 5. The van der Waals surface area contributed by atoms with Gasteiger partial charge in [-0.1, -0.05) is 66.7 Å². The van der Waals surface area contributed by atoms with Crippen molar-refractivity contribution in [3.05, 3.63) is 34.9 Å². The first-order valence-corrected chi connectivity index (χ1v) is 12.8. The first-order valence-electron chi connectivity index (χ1n) is 12.8. The Bertz CT molecular complexity index is 968. The maximum atomic E-state index is 13.4. The van der Waals surface area contributed by atoms with Crippen LogP contribution in [0.1, 0.15) is 96.8 Å². The molecule has 188 valence electrons. The molecule has 1 aliphatic heterocycles. The Morgan fingerprint density at radius 2 is 1.53 bits per heavy atom. The fourth-order valence-electron chi connectivity index (χ4n) is 6.52. The third-order valence-corrected chi connectivity index (χ3v) is 10.0. The fraction of sp³-hybridized carbons (Fsp3) is 0.724. The third kappa shape index (κ3) is 3.29. The van der Waals surface area contributed by atoms with Crippen molar-refractivity contribution >= 4 is 11.9 Å². The van der Waals surface area contributed by atoms with Gasteiger partial charge in [0.2, 0.25) is 5.60 Å². The number of esters is 2. The highest BCUT2D eigenvalue weighted by molar-refractivity contribution is 5.93. The predicted molar refractivity (Wildman–Crippen MR) is 132 cm³/mol. The molecular formula is C29H42O5. The zero-order chi connectivity index (χ0) is 25.3. The number of carbonyl (C=O) groups excluding carboxylic acids is 2. The van der Waals surface area contributed by atoms with Crippen LogP contribution in [0.4, 0.5) is 0 Å². The number of methoxy groups -OCH3 is 1. The lowest BCUT2D eigenvalue weighted by Gasteiger charge is -2.34. The van der Waals surface area contributed by atoms with E-state index in [2.05, 4.69) is 52.8 Å². The van der Waals surface area contributed by atoms with Crippen molar-refractivity contribution < 1.29 is 23.8 Å². The largest absolute Gasteiger partial charge is 0.462 e. The van der Waals surface area contributed by atoms with Gasteiger partial charge in [0.05, 0.1) is 18.6 Å². The van der Waals surface area contributed by atoms with Crippen molar-refractivity contribution in [2.45, 2.75) is 91.1 Å². The molecular weight excluding hydrogens is 428 g/mol. The molecule has 1 saturated heterocycles. The Morgan fingerprint density at radius 1 is 0.971 bits per heavy atom. The molecule has 1 aromatic rings. The van der Waals surface area contributed by atoms with Gasteiger partial charge in [-0.2, -0.15) is 0 Å². The van der Waals surface area contributed by atoms with Gasteiger partial charge in [0, 0.05) is 23.9 Å². The molecule has 4 rings (SSSR count). The van der Waals surface area contributed by atoms with Gasteiger partial charge in [-0.15, -0.1) is 0 Å². The molecule has 3 fully saturated rings. The molecule has 5 atom stereocenters. The zero-order valence-corrected chi connectivity index (χ0v) is 22.4. The molecule has 0 N–H and O–H groups in total. The lowest BCUT2D eigenvalue weighted by atomic mass is 9.66. The summed E-state index contributed by atoms with van der Waals surface area (Å²) in [5.41, 5.74) is 1.44. The highest BCUT2D eigenvalue weighted by Gasteiger charge is 2.76. The van der Waals surface area contributed by atoms with Gasteiger partial charge in [-0.3, -0.25) is 4.79 Å². The minimum Gasteiger partial charge on any atom is -0.462 e. The van der Waals surface area contributed by atoms with Crippen molar-refractivity contribution in [2.75, 3.05) is 20.3 Å². The van der Waals surface area contributed by atoms with E-state index >= 15 is 0 Å². The number of hydrogen-bond donors (Lipinski definition) is 0. The molecule has 3 aliphatic rings. The fourth-order valence-corrected chi connectivity index (χ4v) is 6.52. The SMILES string of the molecule is COC[C@@H]1[C@H](COC(=O)C23CCC(C)(C(=O)O2)C3(C)C)[C@]1(C)c1cc(C(C)C)cc(C(C)C)c1. The molecule has 5 nitrogen and oxygen atoms in total. The average molecular weight is 471 g/mol. The second-order valence-corrected chi connectivity index (χ2v) is 12.4. The summed E-state index contributed by atoms with van der Waals surface area (Å²) in [4.78, 5) is 26.0. The maximum absolute atomic E-state index is 13.4. The van der Waals surface area contributed by atoms with E-state index in [4.69, 9.17) is 14.2 Å². The van der Waals surface area contributed by atoms with Crippen LogP contribution in [0.5, 0.6) is 0 Å². The topological polar surface area (TPSA) is 61.8 Å². The molecule has 1 aromatic carbocycles. The Balaban J connectivity index is 1.58. The summed E-state index contributed by atoms with van der Waals surface area (Å²) < 4.78 is 17.3. The number of benzene rings is 1. The van der Waals surface area contributed by atoms with Crippen molar-refractivity contribution in [1.82, 2.24) is 0 Å². The van der Waals surface area contributed by atoms with Crippen LogP contribution in [0, 0.1) is 22.7 Å². The Labute approximate surface area is 204 Å². The smallest absolute Gasteiger partial charge is 0.351 e. The number of ether oxygens (including phenoxy) is 3. The van der Waals surface area contributed by atoms with Crippen LogP contribution in [0.2, 0.25) is 0 Å². The molecule has 2 bridgehead atoms. The highest BCUT2D eigenvalue weighted by Crippen LogP contribution is 2.66. The minimum absolute atomic E-state index is 0.130. The van der Waals surface area contributed by atoms with E-state index in [1.54, 1.807) is 7.11 Å². The van der Waals surface area contributed by atoms with Gasteiger partial charge in [-0.25, -0.2) is 4.79 Å². The highest BCUT2D eigenvalue weighted by atomic mass is 16.6. The van der Waals surface area contributed by atoms with Crippen molar-refractivity contribution in [1.29, 1.82) is 0 Å². The van der Waals surface area contributed by atoms with E-state index in [1.165, 1.54) is 16.7 Å². The van der Waals surface area contributed by atoms with E-state index in [9.17, 15) is 9.59 Å². The second-order valence-electron chi connectivity index (χ2n) is 12.4. The Hall–Kier alpha value is -1.88. The summed E-state index contributed by atoms with van der Waals surface area (Å²) >= 11 is 0. The first-order chi connectivity index (χ1) is 15.8. The average Bonchev–Trinajstić information content (AvgIpc) is 3.23. The summed E-state index contributed by atoms with van der Waals surface area (Å²) in [6.45, 7) is 17.9. The molecule has 2 unspecified atom stereocenters. The van der Waals surface area contributed by atoms with E-state index < -0.39 is 22.4 Å². The van der Waals surface area contributed by atoms with Crippen LogP contribution in [-0.2, 0) is 29.2 Å². The second kappa shape index (κ2) is 8.08. The summed E-state index contributed by atoms with van der Waals surface area (Å²) in [5.74, 6) is 0.623. The van der Waals surface area contributed by atoms with E-state index in [-0.39, 0.29) is 23.2 Å². The van der Waals surface area contributed by atoms with E-state index in [1.807, 2.05) is 20.8 Å². The molecule has 1 heterocycles. The molecule has 0 radical (unpaired) electrons. The molecule has 2 aliphatic carbocycles. The predicted octanol–water partition coefficient (Wildman–Crippen LogP) is 5.75. The van der Waals surface area contributed by atoms with Crippen LogP contribution in [-0.4, -0.2) is 37.9 Å². The summed E-state index contributed by atoms with van der Waals surface area (Å²) in [6, 6.07) is 6.96. The quantitative estimate of drug-likeness (QED) is 0.453. The van der Waals surface area contributed by atoms with Gasteiger partial charge < -0.3 is 14.2 Å². The van der Waals surface area contributed by atoms with Crippen molar-refractivity contribution in [3.8, 4) is 0 Å². The monoisotopic (exact) mass is 470 g/mol. The number of fused-ring (bicyclic) bond motifs is 2. The molecule has 5 heteroatoms. The molecule has 0 aromatic heterocycles. The van der Waals surface area contributed by atoms with E-state index in [0.29, 0.717) is 37.9 Å². The Morgan fingerprint density at radius 3 is 1.97 bits per heavy atom. The van der Waals surface area contributed by atoms with Crippen LogP contribution in [0.15, 0.2) is 18.2 Å². The molecule has 0 amide bonds. The van der Waals surface area contributed by atoms with Gasteiger partial charge in [-0.05, 0) is 54.2 Å². The lowest BCUT2D eigenvalue weighted by Crippen LogP contribution is -2.49. The third-order valence-electron chi connectivity index (χ3n) is 10.0. The van der Waals surface area contributed by atoms with Crippen LogP contribution in [0.25, 0.3) is 0 Å². The standard InChI is InChI=1S/C29H42O5/c1-17(2)19-12-20(18(3)4)14-21(13-19)28(8)22(15-32-9)23(28)16-33-25(31)29-11-10-27(7,24(30)34-29)26(29,5)6/h12-14,17-18,22-23H,10-11,15-16H2,1-9H3/t22-,23+,27?,28-,29?/m1/s1. The summed E-state index contributed by atoms with van der Waals surface area (Å²) in [5, 5.41) is 0. The van der Waals surface area contributed by atoms with Crippen LogP contribution < -0.4 is 0 Å². The normalized spacial score (nSPS) is 35.7. The van der Waals surface area contributed by atoms with Gasteiger partial charge >= 0.3 is 11.9 Å². The minimum atomic E-state index is -1.18. The van der Waals surface area contributed by atoms with Crippen LogP contribution in [0.3, 0.4) is 0 Å². The number of carbonyl (C=O) groups is 2. The summed E-state index contributed by atoms with van der Waals surface area (Å²) in [6.07, 6.45) is 1.18. The Kier molecular flexibility index (Phi) is 5.99. The van der Waals surface area contributed by atoms with Gasteiger partial charge in [0.15, 0.2) is 0 Å². The molecule has 2 saturated carbocycles. The maximum Gasteiger partial charge on any atom is 0.351 e. The van der Waals surface area contributed by atoms with Crippen molar-refractivity contribution in [2.24, 2.45) is 22.7 Å². The van der Waals surface area contributed by atoms with Crippen LogP contribution >= 0.6 is 0 Å². The van der Waals surface area contributed by atoms with Gasteiger partial charge in [0.1, 0.15) is 0 Å². The zero-order valence-electron chi connectivity index (χ0n) is 22.4. The lowest BCUT2D eigenvalue weighted by molar-refractivity contribution is -0.183. The van der Waals surface area contributed by atoms with E-state index in [0.717, 1.165) is 0 Å². The van der Waals surface area contributed by atoms with Crippen molar-refractivity contribution in [3.63, 3.8) is 0 Å². The van der Waals surface area contributed by atoms with Gasteiger partial charge in [0.25, 0.3) is 0 Å². The summed E-state index contributed by atoms with van der Waals surface area (Å²) in [7, 11) is 1.73.